The van der Waals surface area contributed by atoms with E-state index in [9.17, 15) is 9.50 Å². The van der Waals surface area contributed by atoms with Crippen molar-refractivity contribution in [1.29, 1.82) is 0 Å². The van der Waals surface area contributed by atoms with Gasteiger partial charge in [0.25, 0.3) is 0 Å². The Morgan fingerprint density at radius 3 is 2.72 bits per heavy atom. The van der Waals surface area contributed by atoms with Crippen molar-refractivity contribution in [3.05, 3.63) is 35.6 Å². The molecule has 1 aliphatic heterocycles. The molecular weight excluding hydrogens is 229 g/mol. The van der Waals surface area contributed by atoms with Crippen molar-refractivity contribution in [2.45, 2.75) is 38.8 Å². The third-order valence-corrected chi connectivity index (χ3v) is 4.07. The highest BCUT2D eigenvalue weighted by Crippen LogP contribution is 2.29. The van der Waals surface area contributed by atoms with Gasteiger partial charge in [-0.05, 0) is 45.2 Å². The molecule has 0 amide bonds. The molecule has 3 unspecified atom stereocenters. The van der Waals surface area contributed by atoms with Gasteiger partial charge in [0, 0.05) is 18.2 Å². The predicted molar refractivity (Wildman–Crippen MR) is 70.8 cm³/mol. The molecule has 0 saturated carbocycles. The van der Waals surface area contributed by atoms with E-state index < -0.39 is 0 Å². The van der Waals surface area contributed by atoms with E-state index in [1.807, 2.05) is 26.0 Å². The fourth-order valence-electron chi connectivity index (χ4n) is 2.80. The number of piperidine rings is 1. The normalized spacial score (nSPS) is 24.8. The van der Waals surface area contributed by atoms with Crippen LogP contribution in [0.2, 0.25) is 0 Å². The number of halogens is 1. The van der Waals surface area contributed by atoms with Crippen LogP contribution in [-0.2, 0) is 0 Å². The number of nitrogens with zero attached hydrogens (tertiary/aromatic N) is 1. The lowest BCUT2D eigenvalue weighted by atomic mass is 9.91. The molecule has 0 aromatic heterocycles. The quantitative estimate of drug-likeness (QED) is 0.892. The van der Waals surface area contributed by atoms with Crippen LogP contribution in [0.25, 0.3) is 0 Å². The molecular formula is C15H22FNO. The van der Waals surface area contributed by atoms with E-state index in [-0.39, 0.29) is 18.0 Å². The van der Waals surface area contributed by atoms with Crippen LogP contribution in [0.15, 0.2) is 24.3 Å². The van der Waals surface area contributed by atoms with Crippen LogP contribution in [0.4, 0.5) is 4.39 Å². The second-order valence-electron chi connectivity index (χ2n) is 5.34. The topological polar surface area (TPSA) is 23.5 Å². The molecule has 2 nitrogen and oxygen atoms in total. The summed E-state index contributed by atoms with van der Waals surface area (Å²) in [4.78, 5) is 2.28. The minimum Gasteiger partial charge on any atom is -0.393 e. The van der Waals surface area contributed by atoms with Gasteiger partial charge in [0.1, 0.15) is 5.82 Å². The number of hydrogen-bond acceptors (Lipinski definition) is 2. The van der Waals surface area contributed by atoms with E-state index in [0.717, 1.165) is 31.5 Å². The van der Waals surface area contributed by atoms with Gasteiger partial charge in [0.05, 0.1) is 6.10 Å². The Morgan fingerprint density at radius 1 is 1.33 bits per heavy atom. The predicted octanol–water partition coefficient (Wildman–Crippen LogP) is 2.98. The van der Waals surface area contributed by atoms with E-state index in [1.54, 1.807) is 6.07 Å². The van der Waals surface area contributed by atoms with Gasteiger partial charge in [0.15, 0.2) is 0 Å². The number of rotatable bonds is 3. The van der Waals surface area contributed by atoms with Gasteiger partial charge < -0.3 is 5.11 Å². The maximum absolute atomic E-state index is 13.8. The molecule has 18 heavy (non-hydrogen) atoms. The molecule has 1 N–H and O–H groups in total. The van der Waals surface area contributed by atoms with Gasteiger partial charge >= 0.3 is 0 Å². The molecule has 0 bridgehead atoms. The summed E-state index contributed by atoms with van der Waals surface area (Å²) in [5.41, 5.74) is 0.753. The van der Waals surface area contributed by atoms with E-state index in [4.69, 9.17) is 0 Å². The van der Waals surface area contributed by atoms with Crippen LogP contribution in [0, 0.1) is 11.7 Å². The average Bonchev–Trinajstić information content (AvgIpc) is 2.38. The van der Waals surface area contributed by atoms with Crippen LogP contribution in [0.5, 0.6) is 0 Å². The number of aliphatic hydroxyl groups is 1. The first-order valence-electron chi connectivity index (χ1n) is 6.76. The Kier molecular flexibility index (Phi) is 4.36. The van der Waals surface area contributed by atoms with Crippen molar-refractivity contribution in [2.75, 3.05) is 13.1 Å². The molecule has 0 spiro atoms. The summed E-state index contributed by atoms with van der Waals surface area (Å²) in [5.74, 6) is 0.178. The standard InChI is InChI=1S/C15H22FNO/c1-11(14-7-3-4-8-15(14)16)17-9-5-6-13(10-17)12(2)18/h3-4,7-8,11-13,18H,5-6,9-10H2,1-2H3. The first kappa shape index (κ1) is 13.5. The molecule has 0 aliphatic carbocycles. The van der Waals surface area contributed by atoms with Gasteiger partial charge in [-0.25, -0.2) is 4.39 Å². The molecule has 2 rings (SSSR count). The summed E-state index contributed by atoms with van der Waals surface area (Å²) in [6.45, 7) is 5.73. The second kappa shape index (κ2) is 5.81. The Hall–Kier alpha value is -0.930. The molecule has 1 aromatic carbocycles. The van der Waals surface area contributed by atoms with Gasteiger partial charge in [-0.1, -0.05) is 18.2 Å². The largest absolute Gasteiger partial charge is 0.393 e. The minimum absolute atomic E-state index is 0.0766. The van der Waals surface area contributed by atoms with Crippen LogP contribution in [0.1, 0.15) is 38.3 Å². The highest BCUT2D eigenvalue weighted by atomic mass is 19.1. The Balaban J connectivity index is 2.09. The van der Waals surface area contributed by atoms with E-state index in [0.29, 0.717) is 5.92 Å². The summed E-state index contributed by atoms with van der Waals surface area (Å²) >= 11 is 0. The Morgan fingerprint density at radius 2 is 2.06 bits per heavy atom. The monoisotopic (exact) mass is 251 g/mol. The lowest BCUT2D eigenvalue weighted by Gasteiger charge is -2.38. The maximum Gasteiger partial charge on any atom is 0.127 e. The third-order valence-electron chi connectivity index (χ3n) is 4.07. The van der Waals surface area contributed by atoms with Crippen LogP contribution >= 0.6 is 0 Å². The highest BCUT2D eigenvalue weighted by molar-refractivity contribution is 5.20. The zero-order chi connectivity index (χ0) is 13.1. The van der Waals surface area contributed by atoms with Crippen molar-refractivity contribution in [1.82, 2.24) is 4.90 Å². The van der Waals surface area contributed by atoms with Crippen LogP contribution in [0.3, 0.4) is 0 Å². The number of hydrogen-bond donors (Lipinski definition) is 1. The van der Waals surface area contributed by atoms with Crippen molar-refractivity contribution < 1.29 is 9.50 Å². The molecule has 0 radical (unpaired) electrons. The summed E-state index contributed by atoms with van der Waals surface area (Å²) in [6, 6.07) is 7.05. The van der Waals surface area contributed by atoms with Gasteiger partial charge in [0.2, 0.25) is 0 Å². The first-order valence-corrected chi connectivity index (χ1v) is 6.76. The second-order valence-corrected chi connectivity index (χ2v) is 5.34. The molecule has 100 valence electrons. The lowest BCUT2D eigenvalue weighted by molar-refractivity contribution is 0.0465. The van der Waals surface area contributed by atoms with Crippen molar-refractivity contribution >= 4 is 0 Å². The van der Waals surface area contributed by atoms with Crippen molar-refractivity contribution in [3.63, 3.8) is 0 Å². The zero-order valence-corrected chi connectivity index (χ0v) is 11.1. The molecule has 3 heteroatoms. The molecule has 1 fully saturated rings. The molecule has 1 aliphatic rings. The smallest absolute Gasteiger partial charge is 0.127 e. The molecule has 3 atom stereocenters. The summed E-state index contributed by atoms with van der Waals surface area (Å²) in [6.07, 6.45) is 1.87. The molecule has 1 heterocycles. The van der Waals surface area contributed by atoms with Gasteiger partial charge in [-0.3, -0.25) is 4.90 Å². The van der Waals surface area contributed by atoms with Crippen LogP contribution < -0.4 is 0 Å². The zero-order valence-electron chi connectivity index (χ0n) is 11.1. The number of likely N-dealkylation sites (tertiary alicyclic amines) is 1. The van der Waals surface area contributed by atoms with E-state index in [1.165, 1.54) is 6.07 Å². The van der Waals surface area contributed by atoms with Crippen molar-refractivity contribution in [3.8, 4) is 0 Å². The van der Waals surface area contributed by atoms with E-state index >= 15 is 0 Å². The third kappa shape index (κ3) is 2.90. The van der Waals surface area contributed by atoms with Gasteiger partial charge in [-0.15, -0.1) is 0 Å². The lowest BCUT2D eigenvalue weighted by Crippen LogP contribution is -2.40. The van der Waals surface area contributed by atoms with E-state index in [2.05, 4.69) is 4.90 Å². The minimum atomic E-state index is -0.277. The van der Waals surface area contributed by atoms with Gasteiger partial charge in [-0.2, -0.15) is 0 Å². The highest BCUT2D eigenvalue weighted by Gasteiger charge is 2.27. The number of benzene rings is 1. The fourth-order valence-corrected chi connectivity index (χ4v) is 2.80. The summed E-state index contributed by atoms with van der Waals surface area (Å²) < 4.78 is 13.8. The molecule has 1 aromatic rings. The van der Waals surface area contributed by atoms with Crippen LogP contribution in [-0.4, -0.2) is 29.2 Å². The number of aliphatic hydroxyl groups excluding tert-OH is 1. The SMILES string of the molecule is CC(O)C1CCCN(C(C)c2ccccc2F)C1. The fraction of sp³-hybridized carbons (Fsp3) is 0.600. The summed E-state index contributed by atoms with van der Waals surface area (Å²) in [5, 5.41) is 9.70. The summed E-state index contributed by atoms with van der Waals surface area (Å²) in [7, 11) is 0. The molecule has 1 saturated heterocycles. The van der Waals surface area contributed by atoms with Crippen molar-refractivity contribution in [2.24, 2.45) is 5.92 Å². The Labute approximate surface area is 108 Å². The Bertz CT molecular complexity index is 394. The first-order chi connectivity index (χ1) is 8.59. The maximum atomic E-state index is 13.8. The average molecular weight is 251 g/mol.